The Hall–Kier alpha value is -0.920. The van der Waals surface area contributed by atoms with Crippen molar-refractivity contribution in [3.8, 4) is 0 Å². The quantitative estimate of drug-likeness (QED) is 0.353. The molecule has 0 heterocycles. The van der Waals surface area contributed by atoms with Crippen LogP contribution in [0, 0.1) is 5.92 Å². The van der Waals surface area contributed by atoms with Crippen LogP contribution in [0.5, 0.6) is 0 Å². The summed E-state index contributed by atoms with van der Waals surface area (Å²) >= 11 is 0. The van der Waals surface area contributed by atoms with Crippen LogP contribution < -0.4 is 5.73 Å². The molecule has 0 rings (SSSR count). The third-order valence-electron chi connectivity index (χ3n) is 3.58. The Kier molecular flexibility index (Phi) is 12.9. The molecule has 0 aromatic heterocycles. The Morgan fingerprint density at radius 2 is 1.53 bits per heavy atom. The molecule has 0 spiro atoms. The normalized spacial score (nSPS) is 11.8. The lowest BCUT2D eigenvalue weighted by atomic mass is 9.92. The molecule has 0 amide bonds. The average molecular weight is 267 g/mol. The van der Waals surface area contributed by atoms with E-state index in [2.05, 4.69) is 20.4 Å². The highest BCUT2D eigenvalue weighted by Gasteiger charge is 2.11. The lowest BCUT2D eigenvalue weighted by Crippen LogP contribution is -2.12. The predicted molar refractivity (Wildman–Crippen MR) is 84.6 cm³/mol. The SMILES string of the molecule is C=CO/C=C(\N)C(CCCCCC)CCCCCC. The molecule has 2 nitrogen and oxygen atoms in total. The fourth-order valence-electron chi connectivity index (χ4n) is 2.34. The number of ether oxygens (including phenoxy) is 1. The Morgan fingerprint density at radius 1 is 1.00 bits per heavy atom. The van der Waals surface area contributed by atoms with E-state index in [0.717, 1.165) is 5.70 Å². The topological polar surface area (TPSA) is 35.2 Å². The molecule has 0 aliphatic rings. The van der Waals surface area contributed by atoms with Gasteiger partial charge in [-0.3, -0.25) is 0 Å². The zero-order valence-electron chi connectivity index (χ0n) is 13.0. The van der Waals surface area contributed by atoms with E-state index in [1.165, 1.54) is 70.5 Å². The van der Waals surface area contributed by atoms with Crippen molar-refractivity contribution in [3.05, 3.63) is 24.8 Å². The van der Waals surface area contributed by atoms with Crippen LogP contribution in [0.25, 0.3) is 0 Å². The molecule has 0 aromatic carbocycles. The van der Waals surface area contributed by atoms with Crippen LogP contribution in [0.3, 0.4) is 0 Å². The highest BCUT2D eigenvalue weighted by molar-refractivity contribution is 4.98. The molecular weight excluding hydrogens is 234 g/mol. The Labute approximate surface area is 120 Å². The Morgan fingerprint density at radius 3 is 1.95 bits per heavy atom. The van der Waals surface area contributed by atoms with E-state index in [4.69, 9.17) is 10.5 Å². The first-order valence-electron chi connectivity index (χ1n) is 7.98. The van der Waals surface area contributed by atoms with Crippen LogP contribution in [-0.4, -0.2) is 0 Å². The molecule has 0 aliphatic carbocycles. The van der Waals surface area contributed by atoms with E-state index in [-0.39, 0.29) is 0 Å². The van der Waals surface area contributed by atoms with E-state index in [1.54, 1.807) is 6.26 Å². The largest absolute Gasteiger partial charge is 0.471 e. The molecule has 0 saturated heterocycles. The standard InChI is InChI=1S/C17H33NO/c1-4-7-9-11-13-16(14-12-10-8-5-2)17(18)15-19-6-3/h6,15-16H,3-5,7-14,18H2,1-2H3/b17-15-. The second kappa shape index (κ2) is 13.5. The molecule has 19 heavy (non-hydrogen) atoms. The maximum atomic E-state index is 6.12. The molecule has 0 saturated carbocycles. The second-order valence-corrected chi connectivity index (χ2v) is 5.32. The van der Waals surface area contributed by atoms with E-state index in [9.17, 15) is 0 Å². The smallest absolute Gasteiger partial charge is 0.109 e. The molecule has 0 bridgehead atoms. The van der Waals surface area contributed by atoms with E-state index >= 15 is 0 Å². The zero-order chi connectivity index (χ0) is 14.3. The molecular formula is C17H33NO. The molecule has 2 N–H and O–H groups in total. The minimum atomic E-state index is 0.480. The number of nitrogens with two attached hydrogens (primary N) is 1. The molecule has 0 atom stereocenters. The molecule has 0 aromatic rings. The second-order valence-electron chi connectivity index (χ2n) is 5.32. The predicted octanol–water partition coefficient (Wildman–Crippen LogP) is 5.50. The Bertz CT molecular complexity index is 223. The van der Waals surface area contributed by atoms with Crippen LogP contribution in [0.15, 0.2) is 24.8 Å². The van der Waals surface area contributed by atoms with Gasteiger partial charge in [0.1, 0.15) is 6.26 Å². The van der Waals surface area contributed by atoms with Gasteiger partial charge in [0.25, 0.3) is 0 Å². The van der Waals surface area contributed by atoms with Gasteiger partial charge in [-0.05, 0) is 12.8 Å². The summed E-state index contributed by atoms with van der Waals surface area (Å²) in [5.41, 5.74) is 7.00. The van der Waals surface area contributed by atoms with E-state index < -0.39 is 0 Å². The van der Waals surface area contributed by atoms with Crippen molar-refractivity contribution in [3.63, 3.8) is 0 Å². The molecule has 0 fully saturated rings. The molecule has 0 aliphatic heterocycles. The van der Waals surface area contributed by atoms with E-state index in [0.29, 0.717) is 5.92 Å². The monoisotopic (exact) mass is 267 g/mol. The summed E-state index contributed by atoms with van der Waals surface area (Å²) in [4.78, 5) is 0. The van der Waals surface area contributed by atoms with Gasteiger partial charge < -0.3 is 10.5 Å². The van der Waals surface area contributed by atoms with Crippen LogP contribution in [0.1, 0.15) is 78.1 Å². The summed E-state index contributed by atoms with van der Waals surface area (Å²) < 4.78 is 5.11. The van der Waals surface area contributed by atoms with Gasteiger partial charge in [0.15, 0.2) is 0 Å². The maximum Gasteiger partial charge on any atom is 0.109 e. The van der Waals surface area contributed by atoms with Crippen LogP contribution >= 0.6 is 0 Å². The van der Waals surface area contributed by atoms with Crippen LogP contribution in [0.2, 0.25) is 0 Å². The zero-order valence-corrected chi connectivity index (χ0v) is 13.0. The van der Waals surface area contributed by atoms with Crippen molar-refractivity contribution in [1.82, 2.24) is 0 Å². The highest BCUT2D eigenvalue weighted by Crippen LogP contribution is 2.22. The fourth-order valence-corrected chi connectivity index (χ4v) is 2.34. The first-order chi connectivity index (χ1) is 9.26. The van der Waals surface area contributed by atoms with Crippen molar-refractivity contribution in [2.45, 2.75) is 78.1 Å². The summed E-state index contributed by atoms with van der Waals surface area (Å²) in [6.45, 7) is 8.03. The first-order valence-corrected chi connectivity index (χ1v) is 7.98. The van der Waals surface area contributed by atoms with Gasteiger partial charge in [-0.2, -0.15) is 0 Å². The molecule has 112 valence electrons. The molecule has 0 radical (unpaired) electrons. The lowest BCUT2D eigenvalue weighted by Gasteiger charge is -2.17. The first kappa shape index (κ1) is 18.1. The fraction of sp³-hybridized carbons (Fsp3) is 0.765. The number of hydrogen-bond acceptors (Lipinski definition) is 2. The lowest BCUT2D eigenvalue weighted by molar-refractivity contribution is 0.377. The summed E-state index contributed by atoms with van der Waals surface area (Å²) in [6, 6.07) is 0. The van der Waals surface area contributed by atoms with Crippen LogP contribution in [0.4, 0.5) is 0 Å². The van der Waals surface area contributed by atoms with Gasteiger partial charge in [-0.1, -0.05) is 71.8 Å². The van der Waals surface area contributed by atoms with Crippen molar-refractivity contribution >= 4 is 0 Å². The van der Waals surface area contributed by atoms with Gasteiger partial charge in [-0.15, -0.1) is 0 Å². The van der Waals surface area contributed by atoms with Crippen molar-refractivity contribution in [1.29, 1.82) is 0 Å². The molecule has 2 heteroatoms. The number of allylic oxidation sites excluding steroid dienone is 1. The van der Waals surface area contributed by atoms with Crippen molar-refractivity contribution in [2.24, 2.45) is 11.7 Å². The third-order valence-corrected chi connectivity index (χ3v) is 3.58. The maximum absolute atomic E-state index is 6.12. The average Bonchev–Trinajstić information content (AvgIpc) is 2.43. The van der Waals surface area contributed by atoms with Gasteiger partial charge in [0, 0.05) is 11.6 Å². The van der Waals surface area contributed by atoms with Gasteiger partial charge in [0.2, 0.25) is 0 Å². The minimum absolute atomic E-state index is 0.480. The van der Waals surface area contributed by atoms with Gasteiger partial charge in [0.05, 0.1) is 6.26 Å². The third kappa shape index (κ3) is 10.7. The summed E-state index contributed by atoms with van der Waals surface area (Å²) in [6.07, 6.45) is 15.9. The Balaban J connectivity index is 4.09. The van der Waals surface area contributed by atoms with Crippen molar-refractivity contribution in [2.75, 3.05) is 0 Å². The number of hydrogen-bond donors (Lipinski definition) is 1. The minimum Gasteiger partial charge on any atom is -0.471 e. The highest BCUT2D eigenvalue weighted by atomic mass is 16.5. The number of unbranched alkanes of at least 4 members (excludes halogenated alkanes) is 6. The van der Waals surface area contributed by atoms with Crippen LogP contribution in [-0.2, 0) is 4.74 Å². The van der Waals surface area contributed by atoms with Crippen molar-refractivity contribution < 1.29 is 4.74 Å². The summed E-state index contributed by atoms with van der Waals surface area (Å²) in [7, 11) is 0. The summed E-state index contributed by atoms with van der Waals surface area (Å²) in [5.74, 6) is 0.480. The number of rotatable bonds is 13. The van der Waals surface area contributed by atoms with Gasteiger partial charge >= 0.3 is 0 Å². The molecule has 0 unspecified atom stereocenters. The van der Waals surface area contributed by atoms with Gasteiger partial charge in [-0.25, -0.2) is 0 Å². The summed E-state index contributed by atoms with van der Waals surface area (Å²) in [5, 5.41) is 0. The van der Waals surface area contributed by atoms with E-state index in [1.807, 2.05) is 0 Å².